The average molecular weight is 310 g/mol. The van der Waals surface area contributed by atoms with E-state index in [0.29, 0.717) is 10.8 Å². The number of thiol groups is 1. The number of carbonyl (C=O) groups excluding carboxylic acids is 1. The third kappa shape index (κ3) is 5.97. The van der Waals surface area contributed by atoms with E-state index in [1.165, 1.54) is 13.3 Å². The van der Waals surface area contributed by atoms with Gasteiger partial charge >= 0.3 is 5.97 Å². The number of ether oxygens (including phenoxy) is 1. The Labute approximate surface area is 130 Å². The Morgan fingerprint density at radius 3 is 2.57 bits per heavy atom. The minimum Gasteiger partial charge on any atom is -0.425 e. The number of rotatable bonds is 2. The van der Waals surface area contributed by atoms with Gasteiger partial charge in [0.1, 0.15) is 11.4 Å². The lowest BCUT2D eigenvalue weighted by Gasteiger charge is -2.07. The normalized spacial score (nSPS) is 9.29. The van der Waals surface area contributed by atoms with Gasteiger partial charge in [0.2, 0.25) is 0 Å². The molecule has 0 aliphatic rings. The first-order chi connectivity index (χ1) is 9.99. The molecule has 0 atom stereocenters. The topological polar surface area (TPSA) is 93.5 Å². The Kier molecular flexibility index (Phi) is 9.07. The number of hydrogen-bond donors (Lipinski definition) is 3. The molecule has 0 aliphatic heterocycles. The van der Waals surface area contributed by atoms with Crippen LogP contribution < -0.4 is 10.5 Å². The number of nitrogens with two attached hydrogens (primary N) is 1. The SMILES string of the molecule is CC(C)C(=O)Oc1ccc2ncc(S)n2c1.CC=N.CN. The van der Waals surface area contributed by atoms with Crippen molar-refractivity contribution in [3.63, 3.8) is 0 Å². The van der Waals surface area contributed by atoms with Gasteiger partial charge in [-0.15, -0.1) is 12.6 Å². The number of hydrogen-bond acceptors (Lipinski definition) is 6. The van der Waals surface area contributed by atoms with Gasteiger partial charge in [0.25, 0.3) is 0 Å². The molecule has 0 saturated carbocycles. The van der Waals surface area contributed by atoms with E-state index in [0.717, 1.165) is 5.65 Å². The summed E-state index contributed by atoms with van der Waals surface area (Å²) in [4.78, 5) is 15.5. The van der Waals surface area contributed by atoms with Gasteiger partial charge in [0.15, 0.2) is 0 Å². The van der Waals surface area contributed by atoms with Crippen molar-refractivity contribution in [2.24, 2.45) is 11.7 Å². The molecule has 0 fully saturated rings. The highest BCUT2D eigenvalue weighted by Gasteiger charge is 2.10. The van der Waals surface area contributed by atoms with Gasteiger partial charge in [-0.05, 0) is 32.3 Å². The minimum atomic E-state index is -0.250. The van der Waals surface area contributed by atoms with E-state index in [1.54, 1.807) is 49.7 Å². The summed E-state index contributed by atoms with van der Waals surface area (Å²) in [5.41, 5.74) is 5.27. The van der Waals surface area contributed by atoms with Crippen LogP contribution in [0.5, 0.6) is 5.75 Å². The Bertz CT molecular complexity index is 581. The van der Waals surface area contributed by atoms with Crippen molar-refractivity contribution in [2.75, 3.05) is 7.05 Å². The quantitative estimate of drug-likeness (QED) is 0.451. The van der Waals surface area contributed by atoms with E-state index in [9.17, 15) is 4.79 Å². The van der Waals surface area contributed by atoms with Crippen molar-refractivity contribution in [3.8, 4) is 5.75 Å². The highest BCUT2D eigenvalue weighted by atomic mass is 32.1. The fourth-order valence-electron chi connectivity index (χ4n) is 1.24. The van der Waals surface area contributed by atoms with E-state index in [4.69, 9.17) is 10.1 Å². The monoisotopic (exact) mass is 310 g/mol. The minimum absolute atomic E-state index is 0.144. The predicted molar refractivity (Wildman–Crippen MR) is 87.5 cm³/mol. The maximum Gasteiger partial charge on any atom is 0.313 e. The Morgan fingerprint density at radius 1 is 1.48 bits per heavy atom. The van der Waals surface area contributed by atoms with Crippen LogP contribution in [0.2, 0.25) is 0 Å². The molecular formula is C14H22N4O2S. The maximum atomic E-state index is 11.4. The number of nitrogens with one attached hydrogen (secondary N) is 1. The fraction of sp³-hybridized carbons (Fsp3) is 0.357. The molecule has 2 aromatic heterocycles. The van der Waals surface area contributed by atoms with Crippen molar-refractivity contribution in [2.45, 2.75) is 25.8 Å². The smallest absolute Gasteiger partial charge is 0.313 e. The van der Waals surface area contributed by atoms with Gasteiger partial charge < -0.3 is 15.9 Å². The molecule has 0 aromatic carbocycles. The molecule has 116 valence electrons. The molecule has 0 amide bonds. The highest BCUT2D eigenvalue weighted by Crippen LogP contribution is 2.17. The zero-order valence-corrected chi connectivity index (χ0v) is 13.6. The Balaban J connectivity index is 0.000000713. The molecule has 3 N–H and O–H groups in total. The van der Waals surface area contributed by atoms with Crippen LogP contribution in [0, 0.1) is 11.3 Å². The van der Waals surface area contributed by atoms with E-state index in [2.05, 4.69) is 23.3 Å². The molecule has 7 heteroatoms. The number of fused-ring (bicyclic) bond motifs is 1. The summed E-state index contributed by atoms with van der Waals surface area (Å²) in [6.45, 7) is 5.25. The summed E-state index contributed by atoms with van der Waals surface area (Å²) in [7, 11) is 1.50. The number of esters is 1. The molecule has 0 saturated heterocycles. The molecule has 2 rings (SSSR count). The van der Waals surface area contributed by atoms with Crippen LogP contribution >= 0.6 is 12.6 Å². The van der Waals surface area contributed by atoms with Crippen LogP contribution in [0.1, 0.15) is 20.8 Å². The Morgan fingerprint density at radius 2 is 2.05 bits per heavy atom. The average Bonchev–Trinajstić information content (AvgIpc) is 2.83. The van der Waals surface area contributed by atoms with Crippen LogP contribution in [0.25, 0.3) is 5.65 Å². The second-order valence-corrected chi connectivity index (χ2v) is 4.53. The lowest BCUT2D eigenvalue weighted by molar-refractivity contribution is -0.137. The number of aromatic nitrogens is 2. The van der Waals surface area contributed by atoms with Crippen molar-refractivity contribution in [1.82, 2.24) is 9.38 Å². The van der Waals surface area contributed by atoms with Gasteiger partial charge in [-0.2, -0.15) is 0 Å². The Hall–Kier alpha value is -1.86. The predicted octanol–water partition coefficient (Wildman–Crippen LogP) is 2.42. The summed E-state index contributed by atoms with van der Waals surface area (Å²) < 4.78 is 6.94. The molecule has 0 bridgehead atoms. The molecule has 2 heterocycles. The first-order valence-corrected chi connectivity index (χ1v) is 6.85. The maximum absolute atomic E-state index is 11.4. The summed E-state index contributed by atoms with van der Waals surface area (Å²) in [5.74, 6) is 0.105. The van der Waals surface area contributed by atoms with Gasteiger partial charge in [-0.1, -0.05) is 13.8 Å². The summed E-state index contributed by atoms with van der Waals surface area (Å²) in [6.07, 6.45) is 4.59. The molecule has 0 unspecified atom stereocenters. The standard InChI is InChI=1S/C11H12N2O2S.C2H5N.CH5N/c1-7(2)11(14)15-8-3-4-9-12-5-10(16)13(9)6-8;1-2-3;1-2/h3-7,16H,1-2H3;2-3H,1H3;2H2,1H3. The van der Waals surface area contributed by atoms with E-state index < -0.39 is 0 Å². The summed E-state index contributed by atoms with van der Waals surface area (Å²) in [6, 6.07) is 3.50. The third-order valence-corrected chi connectivity index (χ3v) is 2.48. The molecule has 2 aromatic rings. The first kappa shape index (κ1) is 19.1. The largest absolute Gasteiger partial charge is 0.425 e. The fourth-order valence-corrected chi connectivity index (χ4v) is 1.46. The van der Waals surface area contributed by atoms with Crippen LogP contribution in [0.4, 0.5) is 0 Å². The first-order valence-electron chi connectivity index (χ1n) is 6.40. The summed E-state index contributed by atoms with van der Waals surface area (Å²) >= 11 is 4.24. The van der Waals surface area contributed by atoms with E-state index in [1.807, 2.05) is 0 Å². The van der Waals surface area contributed by atoms with Crippen molar-refractivity contribution in [1.29, 1.82) is 5.41 Å². The summed E-state index contributed by atoms with van der Waals surface area (Å²) in [5, 5.41) is 6.79. The number of nitrogens with zero attached hydrogens (tertiary/aromatic N) is 2. The molecule has 21 heavy (non-hydrogen) atoms. The molecule has 0 spiro atoms. The second kappa shape index (κ2) is 9.95. The van der Waals surface area contributed by atoms with Crippen LogP contribution in [0.3, 0.4) is 0 Å². The van der Waals surface area contributed by atoms with Gasteiger partial charge in [0, 0.05) is 0 Å². The number of imidazole rings is 1. The zero-order valence-electron chi connectivity index (χ0n) is 12.7. The van der Waals surface area contributed by atoms with E-state index in [-0.39, 0.29) is 11.9 Å². The molecule has 6 nitrogen and oxygen atoms in total. The zero-order chi connectivity index (χ0) is 16.4. The van der Waals surface area contributed by atoms with Gasteiger partial charge in [-0.3, -0.25) is 9.20 Å². The lowest BCUT2D eigenvalue weighted by atomic mass is 10.2. The number of pyridine rings is 1. The van der Waals surface area contributed by atoms with E-state index >= 15 is 0 Å². The number of carbonyl (C=O) groups is 1. The second-order valence-electron chi connectivity index (χ2n) is 4.07. The third-order valence-electron chi connectivity index (χ3n) is 2.15. The van der Waals surface area contributed by atoms with Crippen molar-refractivity contribution < 1.29 is 9.53 Å². The molecule has 0 aliphatic carbocycles. The van der Waals surface area contributed by atoms with Crippen LogP contribution in [0.15, 0.2) is 29.6 Å². The highest BCUT2D eigenvalue weighted by molar-refractivity contribution is 7.80. The van der Waals surface area contributed by atoms with Gasteiger partial charge in [-0.25, -0.2) is 4.98 Å². The lowest BCUT2D eigenvalue weighted by Crippen LogP contribution is -2.14. The molecular weight excluding hydrogens is 288 g/mol. The van der Waals surface area contributed by atoms with Gasteiger partial charge in [0.05, 0.1) is 23.3 Å². The van der Waals surface area contributed by atoms with Crippen LogP contribution in [-0.2, 0) is 4.79 Å². The van der Waals surface area contributed by atoms with Crippen molar-refractivity contribution in [3.05, 3.63) is 24.5 Å². The van der Waals surface area contributed by atoms with Crippen LogP contribution in [-0.4, -0.2) is 28.6 Å². The molecule has 0 radical (unpaired) electrons. The van der Waals surface area contributed by atoms with Crippen molar-refractivity contribution >= 4 is 30.5 Å².